The van der Waals surface area contributed by atoms with Crippen molar-refractivity contribution in [2.24, 2.45) is 11.8 Å². The fraction of sp³-hybridized carbons (Fsp3) is 0.387. The molecule has 1 amide bonds. The highest BCUT2D eigenvalue weighted by atomic mass is 16.4. The van der Waals surface area contributed by atoms with Crippen LogP contribution in [-0.4, -0.2) is 18.4 Å². The summed E-state index contributed by atoms with van der Waals surface area (Å²) in [6, 6.07) is 12.1. The maximum absolute atomic E-state index is 13.0. The third kappa shape index (κ3) is 4.85. The normalized spacial score (nSPS) is 17.7. The fourth-order valence-corrected chi connectivity index (χ4v) is 5.81. The van der Waals surface area contributed by atoms with E-state index in [9.17, 15) is 19.5 Å². The molecule has 1 saturated carbocycles. The third-order valence-corrected chi connectivity index (χ3v) is 8.07. The minimum Gasteiger partial charge on any atom is -0.550 e. The average Bonchev–Trinajstić information content (AvgIpc) is 3.25. The first-order valence-corrected chi connectivity index (χ1v) is 13.3. The van der Waals surface area contributed by atoms with Gasteiger partial charge < -0.3 is 24.1 Å². The summed E-state index contributed by atoms with van der Waals surface area (Å²) in [6.07, 6.45) is 3.16. The molecule has 0 atom stereocenters. The monoisotopic (exact) mass is 514 g/mol. The standard InChI is InChI=1S/C31H33NO6/c1-17-23(13-14-26(33)32-16-20-9-11-22(12-10-20)30(34)35)31(36)38-28-18(2)29-25(15-24(17)28)27(19(3)37-29)21-7-5-4-6-8-21/h4-8,15,20,22H,9-14,16H2,1-3H3,(H,32,33)(H,34,35)/p-1. The number of aliphatic carboxylic acids is 1. The number of benzene rings is 2. The fourth-order valence-electron chi connectivity index (χ4n) is 5.81. The Hall–Kier alpha value is -3.87. The number of furan rings is 1. The van der Waals surface area contributed by atoms with E-state index >= 15 is 0 Å². The lowest BCUT2D eigenvalue weighted by atomic mass is 9.82. The molecular weight excluding hydrogens is 482 g/mol. The van der Waals surface area contributed by atoms with Crippen molar-refractivity contribution in [2.75, 3.05) is 6.54 Å². The second-order valence-corrected chi connectivity index (χ2v) is 10.5. The van der Waals surface area contributed by atoms with E-state index in [2.05, 4.69) is 5.32 Å². The second kappa shape index (κ2) is 10.5. The quantitative estimate of drug-likeness (QED) is 0.357. The van der Waals surface area contributed by atoms with E-state index in [1.807, 2.05) is 57.2 Å². The Bertz CT molecular complexity index is 1570. The van der Waals surface area contributed by atoms with Gasteiger partial charge in [0.1, 0.15) is 16.9 Å². The van der Waals surface area contributed by atoms with E-state index in [-0.39, 0.29) is 30.6 Å². The van der Waals surface area contributed by atoms with Gasteiger partial charge in [0.05, 0.1) is 0 Å². The smallest absolute Gasteiger partial charge is 0.339 e. The van der Waals surface area contributed by atoms with Crippen molar-refractivity contribution < 1.29 is 23.5 Å². The van der Waals surface area contributed by atoms with Gasteiger partial charge in [-0.1, -0.05) is 30.3 Å². The van der Waals surface area contributed by atoms with Crippen LogP contribution in [0.4, 0.5) is 0 Å². The minimum absolute atomic E-state index is 0.130. The molecule has 0 radical (unpaired) electrons. The highest BCUT2D eigenvalue weighted by Crippen LogP contribution is 2.39. The van der Waals surface area contributed by atoms with Gasteiger partial charge in [0.2, 0.25) is 5.91 Å². The summed E-state index contributed by atoms with van der Waals surface area (Å²) < 4.78 is 11.9. The molecule has 7 nitrogen and oxygen atoms in total. The summed E-state index contributed by atoms with van der Waals surface area (Å²) in [5.41, 5.74) is 4.95. The zero-order chi connectivity index (χ0) is 27.0. The lowest BCUT2D eigenvalue weighted by molar-refractivity contribution is -0.312. The number of amides is 1. The van der Waals surface area contributed by atoms with Crippen LogP contribution in [0.25, 0.3) is 33.1 Å². The minimum atomic E-state index is -0.979. The van der Waals surface area contributed by atoms with Crippen LogP contribution in [-0.2, 0) is 16.0 Å². The van der Waals surface area contributed by atoms with Crippen molar-refractivity contribution in [1.82, 2.24) is 5.32 Å². The van der Waals surface area contributed by atoms with Crippen LogP contribution in [0, 0.1) is 32.6 Å². The molecule has 4 aromatic rings. The highest BCUT2D eigenvalue weighted by molar-refractivity contribution is 6.05. The van der Waals surface area contributed by atoms with E-state index in [0.717, 1.165) is 51.6 Å². The summed E-state index contributed by atoms with van der Waals surface area (Å²) in [7, 11) is 0. The van der Waals surface area contributed by atoms with Crippen LogP contribution in [0.2, 0.25) is 0 Å². The van der Waals surface area contributed by atoms with Crippen molar-refractivity contribution in [3.8, 4) is 11.1 Å². The Labute approximate surface area is 220 Å². The maximum atomic E-state index is 13.0. The first-order valence-electron chi connectivity index (χ1n) is 13.3. The van der Waals surface area contributed by atoms with Gasteiger partial charge in [0.15, 0.2) is 0 Å². The lowest BCUT2D eigenvalue weighted by Gasteiger charge is -2.29. The molecule has 1 fully saturated rings. The average molecular weight is 515 g/mol. The zero-order valence-corrected chi connectivity index (χ0v) is 22.0. The van der Waals surface area contributed by atoms with Crippen molar-refractivity contribution in [3.63, 3.8) is 0 Å². The molecule has 1 aliphatic carbocycles. The molecule has 0 unspecified atom stereocenters. The van der Waals surface area contributed by atoms with Crippen molar-refractivity contribution in [3.05, 3.63) is 69.3 Å². The molecule has 1 N–H and O–H groups in total. The van der Waals surface area contributed by atoms with Crippen LogP contribution in [0.1, 0.15) is 54.6 Å². The number of nitrogens with one attached hydrogen (secondary N) is 1. The zero-order valence-electron chi connectivity index (χ0n) is 22.0. The van der Waals surface area contributed by atoms with Gasteiger partial charge in [-0.05, 0) is 81.9 Å². The highest BCUT2D eigenvalue weighted by Gasteiger charge is 2.23. The number of hydrogen-bond donors (Lipinski definition) is 1. The molecule has 0 bridgehead atoms. The van der Waals surface area contributed by atoms with Gasteiger partial charge in [-0.2, -0.15) is 0 Å². The lowest BCUT2D eigenvalue weighted by Crippen LogP contribution is -2.36. The molecule has 198 valence electrons. The largest absolute Gasteiger partial charge is 0.550 e. The van der Waals surface area contributed by atoms with Gasteiger partial charge in [0.25, 0.3) is 0 Å². The SMILES string of the molecule is Cc1oc2c(C)c3oc(=O)c(CCC(=O)NCC4CCC(C(=O)[O-])CC4)c(C)c3cc2c1-c1ccccc1. The molecule has 0 aliphatic heterocycles. The predicted molar refractivity (Wildman–Crippen MR) is 144 cm³/mol. The Balaban J connectivity index is 1.36. The molecule has 5 rings (SSSR count). The first kappa shape index (κ1) is 25.8. The Morgan fingerprint density at radius 2 is 1.63 bits per heavy atom. The number of aryl methyl sites for hydroxylation is 3. The number of fused-ring (bicyclic) bond motifs is 2. The van der Waals surface area contributed by atoms with Crippen molar-refractivity contribution >= 4 is 33.8 Å². The molecule has 38 heavy (non-hydrogen) atoms. The Morgan fingerprint density at radius 3 is 2.32 bits per heavy atom. The summed E-state index contributed by atoms with van der Waals surface area (Å²) in [6.45, 7) is 6.26. The van der Waals surface area contributed by atoms with Crippen LogP contribution in [0.3, 0.4) is 0 Å². The third-order valence-electron chi connectivity index (χ3n) is 8.07. The number of rotatable bonds is 7. The van der Waals surface area contributed by atoms with Crippen LogP contribution < -0.4 is 16.0 Å². The summed E-state index contributed by atoms with van der Waals surface area (Å²) >= 11 is 0. The van der Waals surface area contributed by atoms with Crippen LogP contribution in [0.5, 0.6) is 0 Å². The second-order valence-electron chi connectivity index (χ2n) is 10.5. The van der Waals surface area contributed by atoms with E-state index in [4.69, 9.17) is 8.83 Å². The number of carboxylic acid groups (broad SMARTS) is 1. The number of carboxylic acids is 1. The van der Waals surface area contributed by atoms with Crippen LogP contribution >= 0.6 is 0 Å². The van der Waals surface area contributed by atoms with Gasteiger partial charge in [0, 0.05) is 46.4 Å². The molecule has 7 heteroatoms. The van der Waals surface area contributed by atoms with E-state index in [1.54, 1.807) is 0 Å². The molecule has 2 aromatic heterocycles. The molecular formula is C31H32NO6-. The van der Waals surface area contributed by atoms with Crippen molar-refractivity contribution in [2.45, 2.75) is 59.3 Å². The summed E-state index contributed by atoms with van der Waals surface area (Å²) in [4.78, 5) is 36.6. The van der Waals surface area contributed by atoms with E-state index in [1.165, 1.54) is 0 Å². The maximum Gasteiger partial charge on any atom is 0.339 e. The Kier molecular flexibility index (Phi) is 7.11. The van der Waals surface area contributed by atoms with Gasteiger partial charge in [-0.3, -0.25) is 4.79 Å². The molecule has 1 aliphatic rings. The number of hydrogen-bond acceptors (Lipinski definition) is 6. The molecule has 2 heterocycles. The topological polar surface area (TPSA) is 113 Å². The van der Waals surface area contributed by atoms with E-state index in [0.29, 0.717) is 36.1 Å². The molecule has 2 aromatic carbocycles. The van der Waals surface area contributed by atoms with Crippen molar-refractivity contribution in [1.29, 1.82) is 0 Å². The first-order chi connectivity index (χ1) is 18.2. The number of carbonyl (C=O) groups is 2. The molecule has 0 spiro atoms. The molecule has 0 saturated heterocycles. The van der Waals surface area contributed by atoms with Gasteiger partial charge in [-0.15, -0.1) is 0 Å². The van der Waals surface area contributed by atoms with Gasteiger partial charge in [-0.25, -0.2) is 4.79 Å². The number of carbonyl (C=O) groups excluding carboxylic acids is 2. The van der Waals surface area contributed by atoms with Gasteiger partial charge >= 0.3 is 5.63 Å². The summed E-state index contributed by atoms with van der Waals surface area (Å²) in [5.74, 6) is -0.419. The predicted octanol–water partition coefficient (Wildman–Crippen LogP) is 4.74. The van der Waals surface area contributed by atoms with Crippen LogP contribution in [0.15, 0.2) is 50.0 Å². The van der Waals surface area contributed by atoms with E-state index < -0.39 is 11.6 Å². The summed E-state index contributed by atoms with van der Waals surface area (Å²) in [5, 5.41) is 15.8. The Morgan fingerprint density at radius 1 is 0.947 bits per heavy atom.